The van der Waals surface area contributed by atoms with Gasteiger partial charge >= 0.3 is 19.9 Å². The summed E-state index contributed by atoms with van der Waals surface area (Å²) in [5, 5.41) is 11.3. The number of nitrogens with zero attached hydrogens (tertiary/aromatic N) is 7. The van der Waals surface area contributed by atoms with E-state index in [1.54, 1.807) is 71.6 Å². The van der Waals surface area contributed by atoms with Crippen molar-refractivity contribution in [3.05, 3.63) is 93.8 Å². The number of aromatic amines is 1. The van der Waals surface area contributed by atoms with Gasteiger partial charge in [0.25, 0.3) is 0 Å². The zero-order valence-electron chi connectivity index (χ0n) is 38.3. The lowest BCUT2D eigenvalue weighted by molar-refractivity contribution is -0.0275. The molecule has 6 heterocycles. The van der Waals surface area contributed by atoms with Crippen LogP contribution in [0.15, 0.2) is 65.8 Å². The van der Waals surface area contributed by atoms with E-state index in [0.717, 1.165) is 36.0 Å². The number of pyridine rings is 3. The smallest absolute Gasteiger partial charge is 0.457 e. The first-order chi connectivity index (χ1) is 31.1. The molecule has 0 radical (unpaired) electrons. The number of nitriles is 1. The summed E-state index contributed by atoms with van der Waals surface area (Å²) in [5.41, 5.74) is 0.399. The number of aryl methyl sites for hydroxylation is 1. The molecule has 2 aliphatic rings. The number of ether oxygens (including phenoxy) is 2. The van der Waals surface area contributed by atoms with Crippen LogP contribution in [-0.2, 0) is 41.3 Å². The van der Waals surface area contributed by atoms with Gasteiger partial charge in [-0.2, -0.15) is 5.26 Å². The number of rotatable bonds is 11. The van der Waals surface area contributed by atoms with Crippen molar-refractivity contribution in [3.8, 4) is 17.2 Å². The second-order valence-electron chi connectivity index (χ2n) is 18.7. The van der Waals surface area contributed by atoms with Gasteiger partial charge in [-0.3, -0.25) is 18.7 Å². The Labute approximate surface area is 380 Å². The number of hydrogen-bond acceptors (Lipinski definition) is 14. The van der Waals surface area contributed by atoms with Crippen molar-refractivity contribution in [1.82, 2.24) is 24.4 Å². The third kappa shape index (κ3) is 9.14. The van der Waals surface area contributed by atoms with Crippen LogP contribution in [0.3, 0.4) is 0 Å². The Hall–Kier alpha value is -6.22. The molecule has 2 aliphatic heterocycles. The van der Waals surface area contributed by atoms with E-state index in [4.69, 9.17) is 33.0 Å². The topological polar surface area (TPSA) is 194 Å². The van der Waals surface area contributed by atoms with Crippen molar-refractivity contribution in [2.45, 2.75) is 71.8 Å². The van der Waals surface area contributed by atoms with Crippen LogP contribution in [0.4, 0.5) is 20.6 Å². The van der Waals surface area contributed by atoms with Crippen molar-refractivity contribution >= 4 is 64.2 Å². The first-order valence-corrected chi connectivity index (χ1v) is 22.9. The van der Waals surface area contributed by atoms with E-state index in [-0.39, 0.29) is 45.8 Å². The molecule has 8 rings (SSSR count). The van der Waals surface area contributed by atoms with Crippen molar-refractivity contribution in [2.24, 2.45) is 13.0 Å². The Morgan fingerprint density at radius 3 is 2.39 bits per heavy atom. The predicted molar refractivity (Wildman–Crippen MR) is 247 cm³/mol. The molecule has 6 aromatic rings. The summed E-state index contributed by atoms with van der Waals surface area (Å²) in [5.74, 6) is -1.38. The maximum absolute atomic E-state index is 16.4. The molecule has 17 nitrogen and oxygen atoms in total. The molecule has 4 aromatic heterocycles. The largest absolute Gasteiger partial charge is 0.478 e. The third-order valence-corrected chi connectivity index (χ3v) is 13.5. The van der Waals surface area contributed by atoms with E-state index in [9.17, 15) is 24.2 Å². The maximum atomic E-state index is 16.4. The van der Waals surface area contributed by atoms with Crippen LogP contribution < -0.4 is 15.2 Å². The maximum Gasteiger partial charge on any atom is 0.478 e. The molecule has 2 fully saturated rings. The first-order valence-electron chi connectivity index (χ1n) is 21.4. The van der Waals surface area contributed by atoms with Gasteiger partial charge < -0.3 is 28.8 Å². The van der Waals surface area contributed by atoms with Crippen molar-refractivity contribution in [3.63, 3.8) is 0 Å². The van der Waals surface area contributed by atoms with Crippen LogP contribution in [0.25, 0.3) is 44.1 Å². The average Bonchev–Trinajstić information content (AvgIpc) is 3.94. The highest BCUT2D eigenvalue weighted by molar-refractivity contribution is 7.48. The summed E-state index contributed by atoms with van der Waals surface area (Å²) in [6.07, 6.45) is 4.52. The molecule has 0 aliphatic carbocycles. The second kappa shape index (κ2) is 17.5. The van der Waals surface area contributed by atoms with Gasteiger partial charge in [-0.15, -0.1) is 0 Å². The number of phosphoric ester groups is 1. The number of fused-ring (bicyclic) bond motifs is 5. The van der Waals surface area contributed by atoms with Crippen LogP contribution in [0.5, 0.6) is 0 Å². The molecule has 2 saturated heterocycles. The Morgan fingerprint density at radius 2 is 1.71 bits per heavy atom. The highest BCUT2D eigenvalue weighted by Crippen LogP contribution is 2.55. The molecule has 2 atom stereocenters. The second-order valence-corrected chi connectivity index (χ2v) is 20.2. The van der Waals surface area contributed by atoms with E-state index in [0.29, 0.717) is 46.0 Å². The minimum atomic E-state index is -4.25. The van der Waals surface area contributed by atoms with E-state index < -0.39 is 49.1 Å². The summed E-state index contributed by atoms with van der Waals surface area (Å²) >= 11 is 0. The number of amides is 1. The number of esters is 1. The van der Waals surface area contributed by atoms with Crippen LogP contribution in [0, 0.1) is 23.1 Å². The van der Waals surface area contributed by atoms with Crippen LogP contribution in [-0.4, -0.2) is 94.2 Å². The Morgan fingerprint density at radius 1 is 1.00 bits per heavy atom. The number of H-pyrrole nitrogens is 1. The zero-order chi connectivity index (χ0) is 47.5. The number of aromatic nitrogens is 4. The van der Waals surface area contributed by atoms with Gasteiger partial charge in [-0.05, 0) is 72.6 Å². The lowest BCUT2D eigenvalue weighted by Gasteiger charge is -2.30. The first kappa shape index (κ1) is 46.3. The number of halogens is 1. The molecule has 0 unspecified atom stereocenters. The van der Waals surface area contributed by atoms with Gasteiger partial charge in [-0.25, -0.2) is 33.0 Å². The quantitative estimate of drug-likeness (QED) is 0.0739. The zero-order valence-corrected chi connectivity index (χ0v) is 39.2. The summed E-state index contributed by atoms with van der Waals surface area (Å²) in [4.78, 5) is 59.5. The minimum Gasteiger partial charge on any atom is -0.457 e. The number of nitrogens with one attached hydrogen (secondary N) is 1. The number of likely N-dealkylation sites (tertiary alicyclic amines) is 1. The van der Waals surface area contributed by atoms with Gasteiger partial charge in [0, 0.05) is 80.9 Å². The van der Waals surface area contributed by atoms with Gasteiger partial charge in [0.15, 0.2) is 0 Å². The Kier molecular flexibility index (Phi) is 12.3. The minimum absolute atomic E-state index is 0.0134. The normalized spacial score (nSPS) is 16.8. The molecule has 66 heavy (non-hydrogen) atoms. The third-order valence-electron chi connectivity index (χ3n) is 11.5. The van der Waals surface area contributed by atoms with Crippen LogP contribution in [0.2, 0.25) is 0 Å². The fourth-order valence-corrected chi connectivity index (χ4v) is 10.5. The standard InChI is InChI=1S/C47H52FN8O9P/c1-46(2,3)64-66(60,65-47(4,5)6)63-26-62-45(59)55(9)35-18-34(48)31(19-49)37-38-40(56-16-15-28-22-53(7)24-36(28)56)32(21-50-42(38)52-39(35)37)29-17-30-41(57)33(23-54(8)43(30)51-20-29)44(58)61-25-27-13-11-10-12-14-27/h10-14,17-18,20-21,23,28,36H,15-16,22,24-26H2,1-9H3,(H,50,52)/t28-,36+/m0/s1. The lowest BCUT2D eigenvalue weighted by atomic mass is 9.98. The lowest BCUT2D eigenvalue weighted by Crippen LogP contribution is -2.35. The molecule has 0 saturated carbocycles. The molecule has 19 heteroatoms. The average molecular weight is 923 g/mol. The fraction of sp³-hybridized carbons (Fsp3) is 0.404. The van der Waals surface area contributed by atoms with Gasteiger partial charge in [-0.1, -0.05) is 30.3 Å². The van der Waals surface area contributed by atoms with Crippen molar-refractivity contribution in [2.75, 3.05) is 50.3 Å². The summed E-state index contributed by atoms with van der Waals surface area (Å²) in [6, 6.07) is 13.9. The number of carbonyl (C=O) groups excluding carboxylic acids is 2. The van der Waals surface area contributed by atoms with E-state index >= 15 is 4.39 Å². The molecule has 0 spiro atoms. The summed E-state index contributed by atoms with van der Waals surface area (Å²) in [7, 11) is 0.846. The highest BCUT2D eigenvalue weighted by atomic mass is 31.2. The monoisotopic (exact) mass is 922 g/mol. The summed E-state index contributed by atoms with van der Waals surface area (Å²) < 4.78 is 59.2. The number of phosphoric acid groups is 1. The number of benzene rings is 2. The van der Waals surface area contributed by atoms with Crippen molar-refractivity contribution in [1.29, 1.82) is 5.26 Å². The summed E-state index contributed by atoms with van der Waals surface area (Å²) in [6.45, 7) is 11.4. The van der Waals surface area contributed by atoms with E-state index in [1.807, 2.05) is 36.4 Å². The number of carbonyl (C=O) groups is 2. The van der Waals surface area contributed by atoms with Gasteiger partial charge in [0.1, 0.15) is 35.4 Å². The highest BCUT2D eigenvalue weighted by Gasteiger charge is 2.43. The van der Waals surface area contributed by atoms with Crippen LogP contribution in [0.1, 0.15) is 69.4 Å². The number of anilines is 2. The van der Waals surface area contributed by atoms with E-state index in [1.165, 1.54) is 13.2 Å². The molecule has 346 valence electrons. The Balaban J connectivity index is 1.23. The van der Waals surface area contributed by atoms with Gasteiger partial charge in [0.05, 0.1) is 44.4 Å². The molecule has 2 aromatic carbocycles. The molecular weight excluding hydrogens is 871 g/mol. The van der Waals surface area contributed by atoms with Gasteiger partial charge in [0.2, 0.25) is 12.2 Å². The molecule has 1 amide bonds. The SMILES string of the molecule is CN1C[C@@H]2CCN(c3c(-c4cnc5c(c4)c(=O)c(C(=O)OCc4ccccc4)cn5C)cnc4[nH]c5c(N(C)C(=O)OCOP(=O)(OC(C)(C)C)OC(C)(C)C)cc(F)c(C#N)c5c34)[C@@H]2C1. The molecule has 1 N–H and O–H groups in total. The fourth-order valence-electron chi connectivity index (χ4n) is 8.83. The van der Waals surface area contributed by atoms with Crippen LogP contribution >= 0.6 is 7.82 Å². The Bertz CT molecular complexity index is 3030. The molecular formula is C47H52FN8O9P. The number of likely N-dealkylation sites (N-methyl/N-ethyl adjacent to an activating group) is 1. The number of hydrogen-bond donors (Lipinski definition) is 1. The molecule has 0 bridgehead atoms. The van der Waals surface area contributed by atoms with Crippen molar-refractivity contribution < 1.29 is 41.6 Å². The van der Waals surface area contributed by atoms with E-state index in [2.05, 4.69) is 21.8 Å². The predicted octanol–water partition coefficient (Wildman–Crippen LogP) is 8.42.